The van der Waals surface area contributed by atoms with E-state index in [2.05, 4.69) is 5.32 Å². The third-order valence-corrected chi connectivity index (χ3v) is 3.04. The minimum absolute atomic E-state index is 0.0713. The van der Waals surface area contributed by atoms with Crippen molar-refractivity contribution in [1.82, 2.24) is 5.32 Å². The van der Waals surface area contributed by atoms with E-state index in [9.17, 15) is 14.0 Å². The first-order valence-corrected chi connectivity index (χ1v) is 6.78. The number of carbonyl (C=O) groups excluding carboxylic acids is 2. The number of hydrogen-bond donors (Lipinski definition) is 1. The van der Waals surface area contributed by atoms with Gasteiger partial charge in [-0.1, -0.05) is 30.3 Å². The van der Waals surface area contributed by atoms with Crippen LogP contribution in [-0.2, 0) is 16.1 Å². The minimum atomic E-state index is -0.697. The number of benzene rings is 2. The molecule has 0 aromatic heterocycles. The number of halogens is 1. The lowest BCUT2D eigenvalue weighted by molar-refractivity contribution is -0.143. The van der Waals surface area contributed by atoms with Crippen molar-refractivity contribution in [3.05, 3.63) is 71.0 Å². The van der Waals surface area contributed by atoms with Crippen LogP contribution < -0.4 is 5.32 Å². The van der Waals surface area contributed by atoms with Crippen LogP contribution in [0.25, 0.3) is 0 Å². The fourth-order valence-electron chi connectivity index (χ4n) is 1.86. The summed E-state index contributed by atoms with van der Waals surface area (Å²) in [5, 5.41) is 11.2. The van der Waals surface area contributed by atoms with Crippen LogP contribution >= 0.6 is 0 Å². The van der Waals surface area contributed by atoms with Gasteiger partial charge in [0, 0.05) is 5.56 Å². The van der Waals surface area contributed by atoms with Crippen LogP contribution in [-0.4, -0.2) is 18.4 Å². The van der Waals surface area contributed by atoms with Crippen LogP contribution in [0, 0.1) is 17.1 Å². The van der Waals surface area contributed by atoms with Crippen molar-refractivity contribution in [2.75, 3.05) is 6.54 Å². The van der Waals surface area contributed by atoms with Gasteiger partial charge in [-0.25, -0.2) is 4.39 Å². The Balaban J connectivity index is 1.85. The standard InChI is InChI=1S/C17H13FN2O3/c18-15-8-4-3-7-14(15)17(22)20-10-16(21)23-11-13-6-2-1-5-12(13)9-19/h1-8H,10-11H2,(H,20,22). The van der Waals surface area contributed by atoms with Crippen LogP contribution in [0.15, 0.2) is 48.5 Å². The van der Waals surface area contributed by atoms with Crippen molar-refractivity contribution < 1.29 is 18.7 Å². The molecule has 0 bridgehead atoms. The largest absolute Gasteiger partial charge is 0.459 e. The number of hydrogen-bond acceptors (Lipinski definition) is 4. The minimum Gasteiger partial charge on any atom is -0.459 e. The van der Waals surface area contributed by atoms with Crippen molar-refractivity contribution in [2.45, 2.75) is 6.61 Å². The molecule has 1 N–H and O–H groups in total. The highest BCUT2D eigenvalue weighted by Gasteiger charge is 2.13. The lowest BCUT2D eigenvalue weighted by atomic mass is 10.1. The Labute approximate surface area is 132 Å². The summed E-state index contributed by atoms with van der Waals surface area (Å²) in [7, 11) is 0. The number of nitriles is 1. The van der Waals surface area contributed by atoms with E-state index in [1.165, 1.54) is 18.2 Å². The maximum absolute atomic E-state index is 13.4. The summed E-state index contributed by atoms with van der Waals surface area (Å²) in [5.41, 5.74) is 0.842. The number of nitrogens with one attached hydrogen (secondary N) is 1. The van der Waals surface area contributed by atoms with Crippen LogP contribution in [0.4, 0.5) is 4.39 Å². The molecule has 0 aliphatic carbocycles. The van der Waals surface area contributed by atoms with E-state index < -0.39 is 17.7 Å². The Morgan fingerprint density at radius 1 is 1.13 bits per heavy atom. The van der Waals surface area contributed by atoms with Gasteiger partial charge >= 0.3 is 5.97 Å². The number of rotatable bonds is 5. The van der Waals surface area contributed by atoms with Gasteiger partial charge in [-0.15, -0.1) is 0 Å². The summed E-state index contributed by atoms with van der Waals surface area (Å²) in [5.74, 6) is -2.04. The molecule has 2 aromatic rings. The molecule has 2 rings (SSSR count). The van der Waals surface area contributed by atoms with Gasteiger partial charge in [0.1, 0.15) is 19.0 Å². The summed E-state index contributed by atoms with van der Waals surface area (Å²) in [6, 6.07) is 14.2. The highest BCUT2D eigenvalue weighted by Crippen LogP contribution is 2.09. The normalized spacial score (nSPS) is 9.74. The van der Waals surface area contributed by atoms with Gasteiger partial charge in [-0.05, 0) is 18.2 Å². The van der Waals surface area contributed by atoms with Crippen LogP contribution in [0.5, 0.6) is 0 Å². The second-order valence-electron chi connectivity index (χ2n) is 4.59. The zero-order chi connectivity index (χ0) is 16.7. The van der Waals surface area contributed by atoms with E-state index in [0.29, 0.717) is 11.1 Å². The second kappa shape index (κ2) is 7.71. The molecule has 0 atom stereocenters. The number of esters is 1. The van der Waals surface area contributed by atoms with Gasteiger partial charge in [-0.3, -0.25) is 9.59 Å². The van der Waals surface area contributed by atoms with E-state index >= 15 is 0 Å². The van der Waals surface area contributed by atoms with Gasteiger partial charge in [0.25, 0.3) is 5.91 Å². The molecule has 0 aliphatic heterocycles. The highest BCUT2D eigenvalue weighted by molar-refractivity contribution is 5.96. The van der Waals surface area contributed by atoms with Crippen molar-refractivity contribution in [3.8, 4) is 6.07 Å². The summed E-state index contributed by atoms with van der Waals surface area (Å²) in [6.07, 6.45) is 0. The average Bonchev–Trinajstić information content (AvgIpc) is 2.58. The molecule has 116 valence electrons. The molecule has 0 radical (unpaired) electrons. The fourth-order valence-corrected chi connectivity index (χ4v) is 1.86. The zero-order valence-corrected chi connectivity index (χ0v) is 12.1. The predicted octanol–water partition coefficient (Wildman–Crippen LogP) is 2.17. The molecule has 0 fully saturated rings. The summed E-state index contributed by atoms with van der Waals surface area (Å²) < 4.78 is 18.4. The molecular weight excluding hydrogens is 299 g/mol. The first-order chi connectivity index (χ1) is 11.1. The Bertz CT molecular complexity index is 768. The SMILES string of the molecule is N#Cc1ccccc1COC(=O)CNC(=O)c1ccccc1F. The predicted molar refractivity (Wildman–Crippen MR) is 79.7 cm³/mol. The molecule has 0 saturated carbocycles. The molecule has 5 nitrogen and oxygen atoms in total. The smallest absolute Gasteiger partial charge is 0.325 e. The summed E-state index contributed by atoms with van der Waals surface area (Å²) in [4.78, 5) is 23.4. The quantitative estimate of drug-likeness (QED) is 0.858. The van der Waals surface area contributed by atoms with E-state index in [1.54, 1.807) is 24.3 Å². The Hall–Kier alpha value is -3.20. The zero-order valence-electron chi connectivity index (χ0n) is 12.1. The molecule has 0 saturated heterocycles. The molecule has 2 aromatic carbocycles. The topological polar surface area (TPSA) is 79.2 Å². The van der Waals surface area contributed by atoms with Crippen molar-refractivity contribution >= 4 is 11.9 Å². The van der Waals surface area contributed by atoms with Crippen molar-refractivity contribution in [1.29, 1.82) is 5.26 Å². The number of nitrogens with zero attached hydrogens (tertiary/aromatic N) is 1. The van der Waals surface area contributed by atoms with E-state index in [-0.39, 0.29) is 18.7 Å². The lowest BCUT2D eigenvalue weighted by Gasteiger charge is -2.08. The number of carbonyl (C=O) groups is 2. The van der Waals surface area contributed by atoms with Crippen molar-refractivity contribution in [3.63, 3.8) is 0 Å². The van der Waals surface area contributed by atoms with Crippen molar-refractivity contribution in [2.24, 2.45) is 0 Å². The summed E-state index contributed by atoms with van der Waals surface area (Å²) >= 11 is 0. The monoisotopic (exact) mass is 312 g/mol. The maximum Gasteiger partial charge on any atom is 0.325 e. The van der Waals surface area contributed by atoms with Crippen LogP contribution in [0.3, 0.4) is 0 Å². The Kier molecular flexibility index (Phi) is 5.42. The number of amides is 1. The van der Waals surface area contributed by atoms with Gasteiger partial charge < -0.3 is 10.1 Å². The first kappa shape index (κ1) is 16.2. The van der Waals surface area contributed by atoms with E-state index in [4.69, 9.17) is 10.00 Å². The average molecular weight is 312 g/mol. The highest BCUT2D eigenvalue weighted by atomic mass is 19.1. The molecule has 0 unspecified atom stereocenters. The van der Waals surface area contributed by atoms with Gasteiger partial charge in [0.05, 0.1) is 17.2 Å². The first-order valence-electron chi connectivity index (χ1n) is 6.78. The summed E-state index contributed by atoms with van der Waals surface area (Å²) in [6.45, 7) is -0.458. The molecule has 1 amide bonds. The van der Waals surface area contributed by atoms with Gasteiger partial charge in [-0.2, -0.15) is 5.26 Å². The van der Waals surface area contributed by atoms with E-state index in [1.807, 2.05) is 6.07 Å². The molecule has 6 heteroatoms. The third kappa shape index (κ3) is 4.38. The Morgan fingerprint density at radius 2 is 1.83 bits per heavy atom. The lowest BCUT2D eigenvalue weighted by Crippen LogP contribution is -2.31. The van der Waals surface area contributed by atoms with Crippen LogP contribution in [0.1, 0.15) is 21.5 Å². The second-order valence-corrected chi connectivity index (χ2v) is 4.59. The third-order valence-electron chi connectivity index (χ3n) is 3.04. The molecular formula is C17H13FN2O3. The molecule has 23 heavy (non-hydrogen) atoms. The maximum atomic E-state index is 13.4. The van der Waals surface area contributed by atoms with E-state index in [0.717, 1.165) is 6.07 Å². The Morgan fingerprint density at radius 3 is 2.57 bits per heavy atom. The molecule has 0 heterocycles. The molecule has 0 spiro atoms. The molecule has 0 aliphatic rings. The van der Waals surface area contributed by atoms with Crippen LogP contribution in [0.2, 0.25) is 0 Å². The fraction of sp³-hybridized carbons (Fsp3) is 0.118. The van der Waals surface area contributed by atoms with Gasteiger partial charge in [0.15, 0.2) is 0 Å². The number of ether oxygens (including phenoxy) is 1. The van der Waals surface area contributed by atoms with Gasteiger partial charge in [0.2, 0.25) is 0 Å².